The average Bonchev–Trinajstić information content (AvgIpc) is 3.11. The van der Waals surface area contributed by atoms with Gasteiger partial charge in [0.2, 0.25) is 0 Å². The van der Waals surface area contributed by atoms with E-state index in [4.69, 9.17) is 18.9 Å². The fourth-order valence-corrected chi connectivity index (χ4v) is 5.81. The Morgan fingerprint density at radius 1 is 0.566 bits per heavy atom. The number of carbonyl (C=O) groups is 3. The molecule has 0 bridgehead atoms. The molecule has 0 aromatic carbocycles. The van der Waals surface area contributed by atoms with Crippen molar-refractivity contribution in [2.75, 3.05) is 47.5 Å². The van der Waals surface area contributed by atoms with Gasteiger partial charge < -0.3 is 28.5 Å². The predicted molar refractivity (Wildman–Crippen MR) is 217 cm³/mol. The number of carboxylic acids is 1. The van der Waals surface area contributed by atoms with Gasteiger partial charge >= 0.3 is 17.9 Å². The van der Waals surface area contributed by atoms with Crippen LogP contribution in [-0.2, 0) is 33.3 Å². The molecule has 0 spiro atoms. The van der Waals surface area contributed by atoms with E-state index in [0.717, 1.165) is 57.8 Å². The van der Waals surface area contributed by atoms with Crippen LogP contribution in [0.4, 0.5) is 0 Å². The van der Waals surface area contributed by atoms with Crippen molar-refractivity contribution in [2.45, 2.75) is 193 Å². The van der Waals surface area contributed by atoms with Crippen LogP contribution in [0.2, 0.25) is 0 Å². The van der Waals surface area contributed by atoms with Crippen LogP contribution >= 0.6 is 0 Å². The van der Waals surface area contributed by atoms with Crippen LogP contribution in [-0.4, -0.2) is 87.4 Å². The molecule has 310 valence electrons. The third kappa shape index (κ3) is 37.9. The van der Waals surface area contributed by atoms with E-state index in [-0.39, 0.29) is 32.2 Å². The van der Waals surface area contributed by atoms with E-state index in [2.05, 4.69) is 38.2 Å². The number of quaternary nitrogens is 1. The van der Waals surface area contributed by atoms with Crippen molar-refractivity contribution in [3.8, 4) is 0 Å². The molecule has 0 aromatic heterocycles. The molecule has 0 amide bonds. The highest BCUT2D eigenvalue weighted by molar-refractivity contribution is 5.71. The molecular weight excluding hydrogens is 670 g/mol. The summed E-state index contributed by atoms with van der Waals surface area (Å²) in [5, 5.41) is 9.61. The van der Waals surface area contributed by atoms with Crippen LogP contribution in [0.1, 0.15) is 181 Å². The summed E-state index contributed by atoms with van der Waals surface area (Å²) in [5.74, 6) is -2.02. The maximum absolute atomic E-state index is 12.7. The quantitative estimate of drug-likeness (QED) is 0.0217. The minimum Gasteiger partial charge on any atom is -0.477 e. The Hall–Kier alpha value is -2.23. The monoisotopic (exact) mass is 753 g/mol. The Bertz CT molecular complexity index is 929. The molecule has 0 fully saturated rings. The molecule has 53 heavy (non-hydrogen) atoms. The lowest BCUT2D eigenvalue weighted by molar-refractivity contribution is -0.870. The number of nitrogens with zero attached hydrogens (tertiary/aromatic N) is 1. The van der Waals surface area contributed by atoms with Gasteiger partial charge in [-0.15, -0.1) is 0 Å². The number of esters is 2. The molecule has 0 radical (unpaired) electrons. The van der Waals surface area contributed by atoms with Crippen molar-refractivity contribution < 1.29 is 42.9 Å². The smallest absolute Gasteiger partial charge is 0.361 e. The average molecular weight is 753 g/mol. The van der Waals surface area contributed by atoms with Crippen molar-refractivity contribution in [3.63, 3.8) is 0 Å². The first-order valence-electron chi connectivity index (χ1n) is 21.5. The first-order valence-corrected chi connectivity index (χ1v) is 21.5. The van der Waals surface area contributed by atoms with Crippen LogP contribution in [0, 0.1) is 0 Å². The van der Waals surface area contributed by atoms with Crippen LogP contribution < -0.4 is 0 Å². The number of likely N-dealkylation sites (N-methyl/N-ethyl adjacent to an activating group) is 1. The largest absolute Gasteiger partial charge is 0.477 e. The van der Waals surface area contributed by atoms with Gasteiger partial charge in [0.05, 0.1) is 34.4 Å². The molecule has 0 heterocycles. The molecule has 0 saturated heterocycles. The fraction of sp³-hybridized carbons (Fsp3) is 0.841. The van der Waals surface area contributed by atoms with Crippen molar-refractivity contribution in [2.24, 2.45) is 0 Å². The number of unbranched alkanes of at least 4 members (excludes halogenated alkanes) is 20. The van der Waals surface area contributed by atoms with E-state index in [1.165, 1.54) is 89.9 Å². The number of rotatable bonds is 39. The lowest BCUT2D eigenvalue weighted by Crippen LogP contribution is -2.40. The maximum atomic E-state index is 12.7. The lowest BCUT2D eigenvalue weighted by atomic mass is 10.0. The molecule has 9 heteroatoms. The summed E-state index contributed by atoms with van der Waals surface area (Å²) in [5.41, 5.74) is 0. The number of hydrogen-bond donors (Lipinski definition) is 1. The maximum Gasteiger partial charge on any atom is 0.361 e. The molecule has 9 nitrogen and oxygen atoms in total. The molecule has 2 unspecified atom stereocenters. The molecular formula is C44H82NO8+. The van der Waals surface area contributed by atoms with Gasteiger partial charge in [-0.1, -0.05) is 147 Å². The SMILES string of the molecule is CCCCC/C=C\C/C=C\CCCCCCCC(=O)OC(COC(=O)CCCCCCCCCCCCCCC)COC(OCC[N+](C)(C)C)C(=O)O. The van der Waals surface area contributed by atoms with E-state index in [1.54, 1.807) is 0 Å². The topological polar surface area (TPSA) is 108 Å². The van der Waals surface area contributed by atoms with Gasteiger partial charge in [0, 0.05) is 12.8 Å². The zero-order chi connectivity index (χ0) is 39.3. The second kappa shape index (κ2) is 36.7. The predicted octanol–water partition coefficient (Wildman–Crippen LogP) is 10.9. The molecule has 1 N–H and O–H groups in total. The Morgan fingerprint density at radius 3 is 1.53 bits per heavy atom. The minimum atomic E-state index is -1.51. The first kappa shape index (κ1) is 50.8. The van der Waals surface area contributed by atoms with Gasteiger partial charge in [-0.25, -0.2) is 4.79 Å². The van der Waals surface area contributed by atoms with E-state index in [9.17, 15) is 19.5 Å². The summed E-state index contributed by atoms with van der Waals surface area (Å²) in [6.07, 6.45) is 35.1. The van der Waals surface area contributed by atoms with E-state index in [1.807, 2.05) is 21.1 Å². The molecule has 0 aliphatic rings. The summed E-state index contributed by atoms with van der Waals surface area (Å²) in [7, 11) is 5.95. The minimum absolute atomic E-state index is 0.184. The van der Waals surface area contributed by atoms with E-state index < -0.39 is 24.3 Å². The molecule has 0 aliphatic carbocycles. The summed E-state index contributed by atoms with van der Waals surface area (Å²) >= 11 is 0. The molecule has 0 rings (SSSR count). The number of ether oxygens (including phenoxy) is 4. The Labute approximate surface area is 325 Å². The molecule has 0 saturated carbocycles. The normalized spacial score (nSPS) is 13.2. The third-order valence-electron chi connectivity index (χ3n) is 9.21. The Balaban J connectivity index is 4.49. The second-order valence-corrected chi connectivity index (χ2v) is 15.7. The van der Waals surface area contributed by atoms with Crippen LogP contribution in [0.15, 0.2) is 24.3 Å². The summed E-state index contributed by atoms with van der Waals surface area (Å²) in [6.45, 7) is 4.82. The summed E-state index contributed by atoms with van der Waals surface area (Å²) in [6, 6.07) is 0. The lowest BCUT2D eigenvalue weighted by Gasteiger charge is -2.25. The highest BCUT2D eigenvalue weighted by atomic mass is 16.7. The number of aliphatic carboxylic acids is 1. The molecule has 0 aliphatic heterocycles. The Kier molecular flexibility index (Phi) is 35.2. The highest BCUT2D eigenvalue weighted by Gasteiger charge is 2.25. The highest BCUT2D eigenvalue weighted by Crippen LogP contribution is 2.14. The van der Waals surface area contributed by atoms with E-state index >= 15 is 0 Å². The summed E-state index contributed by atoms with van der Waals surface area (Å²) in [4.78, 5) is 37.0. The van der Waals surface area contributed by atoms with E-state index in [0.29, 0.717) is 23.9 Å². The number of carbonyl (C=O) groups excluding carboxylic acids is 2. The number of allylic oxidation sites excluding steroid dienone is 4. The fourth-order valence-electron chi connectivity index (χ4n) is 5.81. The van der Waals surface area contributed by atoms with Gasteiger partial charge in [-0.3, -0.25) is 9.59 Å². The van der Waals surface area contributed by atoms with Gasteiger partial charge in [-0.2, -0.15) is 0 Å². The van der Waals surface area contributed by atoms with Crippen molar-refractivity contribution in [1.82, 2.24) is 0 Å². The zero-order valence-electron chi connectivity index (χ0n) is 34.9. The number of hydrogen-bond acceptors (Lipinski definition) is 7. The van der Waals surface area contributed by atoms with Gasteiger partial charge in [0.25, 0.3) is 6.29 Å². The van der Waals surface area contributed by atoms with Crippen molar-refractivity contribution in [3.05, 3.63) is 24.3 Å². The second-order valence-electron chi connectivity index (χ2n) is 15.7. The van der Waals surface area contributed by atoms with Gasteiger partial charge in [0.1, 0.15) is 13.2 Å². The zero-order valence-corrected chi connectivity index (χ0v) is 34.9. The van der Waals surface area contributed by atoms with Crippen molar-refractivity contribution >= 4 is 17.9 Å². The molecule has 2 atom stereocenters. The first-order chi connectivity index (χ1) is 25.6. The van der Waals surface area contributed by atoms with Crippen LogP contribution in [0.5, 0.6) is 0 Å². The van der Waals surface area contributed by atoms with Crippen molar-refractivity contribution in [1.29, 1.82) is 0 Å². The third-order valence-corrected chi connectivity index (χ3v) is 9.21. The van der Waals surface area contributed by atoms with Gasteiger partial charge in [-0.05, 0) is 44.9 Å². The Morgan fingerprint density at radius 2 is 1.02 bits per heavy atom. The standard InChI is InChI=1S/C44H81NO8/c1-6-8-10-12-14-16-18-20-21-23-25-27-29-31-33-35-42(47)53-40(39-52-44(43(48)49)50-37-36-45(3,4)5)38-51-41(46)34-32-30-28-26-24-22-19-17-15-13-11-9-7-2/h14,16,20-21,40,44H,6-13,15,17-19,22-39H2,1-5H3/p+1/b16-14-,21-20-. The van der Waals surface area contributed by atoms with Crippen LogP contribution in [0.25, 0.3) is 0 Å². The number of carboxylic acid groups (broad SMARTS) is 1. The summed E-state index contributed by atoms with van der Waals surface area (Å²) < 4.78 is 22.7. The van der Waals surface area contributed by atoms with Gasteiger partial charge in [0.15, 0.2) is 6.10 Å². The molecule has 0 aromatic rings. The van der Waals surface area contributed by atoms with Crippen LogP contribution in [0.3, 0.4) is 0 Å².